The molecule has 0 radical (unpaired) electrons. The molecule has 1 aromatic heterocycles. The van der Waals surface area contributed by atoms with E-state index in [0.717, 1.165) is 24.1 Å². The predicted octanol–water partition coefficient (Wildman–Crippen LogP) is 2.68. The fourth-order valence-corrected chi connectivity index (χ4v) is 2.53. The molecule has 25 heavy (non-hydrogen) atoms. The second kappa shape index (κ2) is 7.34. The average molecular weight is 338 g/mol. The number of hydrogen-bond acceptors (Lipinski definition) is 4. The van der Waals surface area contributed by atoms with Crippen LogP contribution in [0.15, 0.2) is 42.6 Å². The third-order valence-electron chi connectivity index (χ3n) is 4.02. The van der Waals surface area contributed by atoms with E-state index >= 15 is 0 Å². The fraction of sp³-hybridized carbons (Fsp3) is 0.316. The average Bonchev–Trinajstić information content (AvgIpc) is 3.42. The molecule has 1 fully saturated rings. The van der Waals surface area contributed by atoms with Crippen LogP contribution in [0.25, 0.3) is 0 Å². The van der Waals surface area contributed by atoms with E-state index in [1.54, 1.807) is 12.3 Å². The summed E-state index contributed by atoms with van der Waals surface area (Å²) in [5.41, 5.74) is 2.34. The molecular formula is C19H22N4O2. The van der Waals surface area contributed by atoms with Gasteiger partial charge in [0.25, 0.3) is 0 Å². The van der Waals surface area contributed by atoms with Crippen molar-refractivity contribution in [1.82, 2.24) is 4.98 Å². The van der Waals surface area contributed by atoms with E-state index < -0.39 is 0 Å². The Morgan fingerprint density at radius 1 is 1.12 bits per heavy atom. The Morgan fingerprint density at radius 2 is 1.84 bits per heavy atom. The number of pyridine rings is 1. The van der Waals surface area contributed by atoms with Crippen LogP contribution in [0.4, 0.5) is 17.2 Å². The molecule has 130 valence electrons. The molecule has 0 spiro atoms. The molecule has 2 N–H and O–H groups in total. The van der Waals surface area contributed by atoms with Gasteiger partial charge in [0.1, 0.15) is 0 Å². The van der Waals surface area contributed by atoms with Gasteiger partial charge < -0.3 is 15.5 Å². The van der Waals surface area contributed by atoms with Crippen molar-refractivity contribution in [3.8, 4) is 0 Å². The summed E-state index contributed by atoms with van der Waals surface area (Å²) in [6, 6.07) is 11.0. The molecule has 0 aliphatic heterocycles. The van der Waals surface area contributed by atoms with Crippen molar-refractivity contribution >= 4 is 29.0 Å². The first-order valence-electron chi connectivity index (χ1n) is 8.35. The minimum absolute atomic E-state index is 0.0817. The summed E-state index contributed by atoms with van der Waals surface area (Å²) in [5, 5.41) is 5.79. The lowest BCUT2D eigenvalue weighted by Gasteiger charge is -2.16. The van der Waals surface area contributed by atoms with Gasteiger partial charge in [0.15, 0.2) is 5.82 Å². The second-order valence-corrected chi connectivity index (χ2v) is 6.45. The summed E-state index contributed by atoms with van der Waals surface area (Å²) >= 11 is 0. The third-order valence-corrected chi connectivity index (χ3v) is 4.02. The largest absolute Gasteiger partial charge is 0.361 e. The number of hydrogen-bond donors (Lipinski definition) is 2. The van der Waals surface area contributed by atoms with Crippen molar-refractivity contribution in [3.63, 3.8) is 0 Å². The Labute approximate surface area is 147 Å². The first-order valence-corrected chi connectivity index (χ1v) is 8.35. The van der Waals surface area contributed by atoms with Crippen molar-refractivity contribution < 1.29 is 9.59 Å². The molecule has 1 heterocycles. The highest BCUT2D eigenvalue weighted by Crippen LogP contribution is 2.30. The van der Waals surface area contributed by atoms with E-state index in [1.165, 1.54) is 0 Å². The number of nitrogens with one attached hydrogen (secondary N) is 2. The SMILES string of the molecule is CN(C)c1ncccc1NC(=O)Cc1ccc(NC(=O)C2CC2)cc1. The highest BCUT2D eigenvalue weighted by Gasteiger charge is 2.29. The number of nitrogens with zero attached hydrogens (tertiary/aromatic N) is 2. The molecule has 6 heteroatoms. The lowest BCUT2D eigenvalue weighted by molar-refractivity contribution is -0.117. The highest BCUT2D eigenvalue weighted by atomic mass is 16.2. The first-order chi connectivity index (χ1) is 12.0. The number of aromatic nitrogens is 1. The molecule has 1 aromatic carbocycles. The van der Waals surface area contributed by atoms with E-state index in [9.17, 15) is 9.59 Å². The monoisotopic (exact) mass is 338 g/mol. The number of rotatable bonds is 6. The molecular weight excluding hydrogens is 316 g/mol. The van der Waals surface area contributed by atoms with Crippen molar-refractivity contribution in [2.45, 2.75) is 19.3 Å². The molecule has 1 aliphatic rings. The maximum absolute atomic E-state index is 12.3. The summed E-state index contributed by atoms with van der Waals surface area (Å²) in [6.45, 7) is 0. The molecule has 0 atom stereocenters. The van der Waals surface area contributed by atoms with Crippen LogP contribution >= 0.6 is 0 Å². The van der Waals surface area contributed by atoms with Crippen LogP contribution in [-0.4, -0.2) is 30.9 Å². The van der Waals surface area contributed by atoms with Gasteiger partial charge in [-0.2, -0.15) is 0 Å². The first kappa shape index (κ1) is 17.0. The van der Waals surface area contributed by atoms with Gasteiger partial charge in [0.2, 0.25) is 11.8 Å². The van der Waals surface area contributed by atoms with Gasteiger partial charge in [-0.1, -0.05) is 12.1 Å². The molecule has 3 rings (SSSR count). The Balaban J connectivity index is 1.58. The molecule has 2 aromatic rings. The molecule has 1 saturated carbocycles. The quantitative estimate of drug-likeness (QED) is 0.849. The van der Waals surface area contributed by atoms with Crippen LogP contribution in [0.5, 0.6) is 0 Å². The Morgan fingerprint density at radius 3 is 2.48 bits per heavy atom. The molecule has 0 bridgehead atoms. The third kappa shape index (κ3) is 4.56. The van der Waals surface area contributed by atoms with Gasteiger partial charge in [0, 0.05) is 31.9 Å². The summed E-state index contributed by atoms with van der Waals surface area (Å²) in [5.74, 6) is 0.869. The summed E-state index contributed by atoms with van der Waals surface area (Å²) in [6.07, 6.45) is 3.92. The van der Waals surface area contributed by atoms with Crippen molar-refractivity contribution in [2.24, 2.45) is 5.92 Å². The Kier molecular flexibility index (Phi) is 4.97. The Bertz CT molecular complexity index is 767. The van der Waals surface area contributed by atoms with E-state index in [1.807, 2.05) is 49.3 Å². The van der Waals surface area contributed by atoms with Crippen LogP contribution in [0, 0.1) is 5.92 Å². The zero-order chi connectivity index (χ0) is 17.8. The van der Waals surface area contributed by atoms with Gasteiger partial charge in [0.05, 0.1) is 12.1 Å². The molecule has 0 saturated heterocycles. The summed E-state index contributed by atoms with van der Waals surface area (Å²) < 4.78 is 0. The van der Waals surface area contributed by atoms with E-state index in [0.29, 0.717) is 11.5 Å². The van der Waals surface area contributed by atoms with Crippen molar-refractivity contribution in [2.75, 3.05) is 29.6 Å². The summed E-state index contributed by atoms with van der Waals surface area (Å²) in [4.78, 5) is 30.2. The fourth-order valence-electron chi connectivity index (χ4n) is 2.53. The van der Waals surface area contributed by atoms with Crippen LogP contribution in [-0.2, 0) is 16.0 Å². The molecule has 2 amide bonds. The smallest absolute Gasteiger partial charge is 0.228 e. The maximum atomic E-state index is 12.3. The lowest BCUT2D eigenvalue weighted by atomic mass is 10.1. The molecule has 1 aliphatic carbocycles. The van der Waals surface area contributed by atoms with Gasteiger partial charge in [-0.05, 0) is 42.7 Å². The van der Waals surface area contributed by atoms with Gasteiger partial charge in [-0.15, -0.1) is 0 Å². The van der Waals surface area contributed by atoms with Gasteiger partial charge in [-0.3, -0.25) is 9.59 Å². The Hall–Kier alpha value is -2.89. The van der Waals surface area contributed by atoms with Crippen LogP contribution in [0.2, 0.25) is 0 Å². The maximum Gasteiger partial charge on any atom is 0.228 e. The van der Waals surface area contributed by atoms with Crippen molar-refractivity contribution in [3.05, 3.63) is 48.2 Å². The van der Waals surface area contributed by atoms with Crippen LogP contribution in [0.1, 0.15) is 18.4 Å². The number of carbonyl (C=O) groups excluding carboxylic acids is 2. The molecule has 0 unspecified atom stereocenters. The van der Waals surface area contributed by atoms with E-state index in [-0.39, 0.29) is 24.2 Å². The number of carbonyl (C=O) groups is 2. The zero-order valence-corrected chi connectivity index (χ0v) is 14.5. The van der Waals surface area contributed by atoms with E-state index in [2.05, 4.69) is 15.6 Å². The topological polar surface area (TPSA) is 74.3 Å². The lowest BCUT2D eigenvalue weighted by Crippen LogP contribution is -2.19. The number of amides is 2. The molecule has 6 nitrogen and oxygen atoms in total. The standard InChI is InChI=1S/C19H22N4O2/c1-23(2)18-16(4-3-11-20-18)22-17(24)12-13-5-9-15(10-6-13)21-19(25)14-7-8-14/h3-6,9-11,14H,7-8,12H2,1-2H3,(H,21,25)(H,22,24). The van der Waals surface area contributed by atoms with Crippen LogP contribution in [0.3, 0.4) is 0 Å². The van der Waals surface area contributed by atoms with Gasteiger partial charge >= 0.3 is 0 Å². The predicted molar refractivity (Wildman–Crippen MR) is 98.7 cm³/mol. The summed E-state index contributed by atoms with van der Waals surface area (Å²) in [7, 11) is 3.76. The minimum atomic E-state index is -0.106. The minimum Gasteiger partial charge on any atom is -0.361 e. The van der Waals surface area contributed by atoms with E-state index in [4.69, 9.17) is 0 Å². The number of anilines is 3. The normalized spacial score (nSPS) is 13.2. The second-order valence-electron chi connectivity index (χ2n) is 6.45. The highest BCUT2D eigenvalue weighted by molar-refractivity contribution is 5.95. The van der Waals surface area contributed by atoms with Crippen LogP contribution < -0.4 is 15.5 Å². The van der Waals surface area contributed by atoms with Crippen molar-refractivity contribution in [1.29, 1.82) is 0 Å². The zero-order valence-electron chi connectivity index (χ0n) is 14.5. The number of benzene rings is 1. The van der Waals surface area contributed by atoms with Gasteiger partial charge in [-0.25, -0.2) is 4.98 Å².